The summed E-state index contributed by atoms with van der Waals surface area (Å²) < 4.78 is 28.1. The van der Waals surface area contributed by atoms with E-state index in [0.717, 1.165) is 6.42 Å². The highest BCUT2D eigenvalue weighted by Crippen LogP contribution is 2.20. The number of nitrogens with zero attached hydrogens (tertiary/aromatic N) is 2. The molecule has 0 bridgehead atoms. The van der Waals surface area contributed by atoms with E-state index < -0.39 is 10.0 Å². The molecule has 0 saturated heterocycles. The molecule has 0 fully saturated rings. The first-order chi connectivity index (χ1) is 7.69. The first-order valence-corrected chi connectivity index (χ1v) is 6.94. The van der Waals surface area contributed by atoms with Gasteiger partial charge in [-0.2, -0.15) is 0 Å². The molecule has 0 unspecified atom stereocenters. The number of hydrogen-bond donors (Lipinski definition) is 2. The van der Waals surface area contributed by atoms with Gasteiger partial charge in [-0.3, -0.25) is 0 Å². The summed E-state index contributed by atoms with van der Waals surface area (Å²) in [4.78, 5) is 3.77. The minimum absolute atomic E-state index is 0.0180. The van der Waals surface area contributed by atoms with E-state index in [4.69, 9.17) is 5.73 Å². The Balaban J connectivity index is 2.91. The van der Waals surface area contributed by atoms with Crippen LogP contribution in [0.2, 0.25) is 0 Å². The van der Waals surface area contributed by atoms with Crippen molar-refractivity contribution < 1.29 is 8.42 Å². The van der Waals surface area contributed by atoms with Gasteiger partial charge in [0.2, 0.25) is 0 Å². The summed E-state index contributed by atoms with van der Waals surface area (Å²) >= 11 is 0. The number of sulfonamides is 1. The fourth-order valence-electron chi connectivity index (χ4n) is 1.25. The Labute approximate surface area is 102 Å². The van der Waals surface area contributed by atoms with E-state index in [1.54, 1.807) is 7.05 Å². The van der Waals surface area contributed by atoms with Crippen LogP contribution >= 0.6 is 0 Å². The van der Waals surface area contributed by atoms with Gasteiger partial charge in [0.05, 0.1) is 6.33 Å². The molecule has 17 heavy (non-hydrogen) atoms. The summed E-state index contributed by atoms with van der Waals surface area (Å²) in [7, 11) is -2.00. The molecule has 98 valence electrons. The molecular weight excluding hydrogens is 240 g/mol. The Morgan fingerprint density at radius 3 is 2.53 bits per heavy atom. The first-order valence-electron chi connectivity index (χ1n) is 5.46. The Bertz CT molecular complexity index is 471. The van der Waals surface area contributed by atoms with Crippen molar-refractivity contribution in [1.82, 2.24) is 14.3 Å². The fourth-order valence-corrected chi connectivity index (χ4v) is 2.72. The molecule has 1 aromatic heterocycles. The maximum atomic E-state index is 12.0. The van der Waals surface area contributed by atoms with Crippen molar-refractivity contribution >= 4 is 15.8 Å². The van der Waals surface area contributed by atoms with E-state index in [9.17, 15) is 8.42 Å². The third kappa shape index (κ3) is 3.19. The molecular formula is C10H20N4O2S. The summed E-state index contributed by atoms with van der Waals surface area (Å²) in [6.45, 7) is 6.40. The molecule has 0 aliphatic carbocycles. The normalized spacial score (nSPS) is 12.9. The van der Waals surface area contributed by atoms with Gasteiger partial charge in [0.1, 0.15) is 0 Å². The lowest BCUT2D eigenvalue weighted by Crippen LogP contribution is -2.34. The van der Waals surface area contributed by atoms with Crippen LogP contribution in [0.1, 0.15) is 27.2 Å². The van der Waals surface area contributed by atoms with Crippen molar-refractivity contribution in [3.05, 3.63) is 6.33 Å². The Kier molecular flexibility index (Phi) is 3.83. The van der Waals surface area contributed by atoms with Gasteiger partial charge in [0.15, 0.2) is 10.8 Å². The van der Waals surface area contributed by atoms with Crippen LogP contribution in [0.4, 0.5) is 5.82 Å². The summed E-state index contributed by atoms with van der Waals surface area (Å²) in [6.07, 6.45) is 2.27. The minimum atomic E-state index is -3.60. The van der Waals surface area contributed by atoms with Crippen LogP contribution in [-0.2, 0) is 17.1 Å². The third-order valence-electron chi connectivity index (χ3n) is 2.86. The zero-order valence-corrected chi connectivity index (χ0v) is 11.5. The number of nitrogen functional groups attached to an aromatic ring is 1. The molecule has 7 heteroatoms. The maximum Gasteiger partial charge on any atom is 0.260 e. The van der Waals surface area contributed by atoms with Crippen molar-refractivity contribution in [2.24, 2.45) is 12.5 Å². The molecule has 0 aromatic carbocycles. The van der Waals surface area contributed by atoms with Gasteiger partial charge in [-0.15, -0.1) is 0 Å². The van der Waals surface area contributed by atoms with Crippen LogP contribution in [-0.4, -0.2) is 24.5 Å². The van der Waals surface area contributed by atoms with Gasteiger partial charge in [-0.1, -0.05) is 20.8 Å². The lowest BCUT2D eigenvalue weighted by molar-refractivity contribution is 0.350. The predicted octanol–water partition coefficient (Wildman–Crippen LogP) is 0.717. The molecule has 1 heterocycles. The van der Waals surface area contributed by atoms with Crippen LogP contribution < -0.4 is 10.5 Å². The molecule has 0 radical (unpaired) electrons. The van der Waals surface area contributed by atoms with E-state index >= 15 is 0 Å². The van der Waals surface area contributed by atoms with E-state index in [0.29, 0.717) is 6.54 Å². The number of nitrogens with two attached hydrogens (primary N) is 1. The van der Waals surface area contributed by atoms with Crippen molar-refractivity contribution in [1.29, 1.82) is 0 Å². The second-order valence-corrected chi connectivity index (χ2v) is 6.57. The van der Waals surface area contributed by atoms with Gasteiger partial charge in [-0.05, 0) is 11.8 Å². The van der Waals surface area contributed by atoms with Crippen molar-refractivity contribution in [3.63, 3.8) is 0 Å². The SMILES string of the molecule is CCC(C)(C)CNS(=O)(=O)c1c(N)ncn1C. The zero-order chi connectivity index (χ0) is 13.3. The second kappa shape index (κ2) is 4.66. The first kappa shape index (κ1) is 14.0. The molecule has 0 amide bonds. The number of imidazole rings is 1. The zero-order valence-electron chi connectivity index (χ0n) is 10.7. The number of aromatic nitrogens is 2. The summed E-state index contributed by atoms with van der Waals surface area (Å²) in [5.74, 6) is 0.0225. The highest BCUT2D eigenvalue weighted by molar-refractivity contribution is 7.89. The molecule has 1 aromatic rings. The van der Waals surface area contributed by atoms with E-state index in [1.807, 2.05) is 20.8 Å². The van der Waals surface area contributed by atoms with Gasteiger partial charge in [0.25, 0.3) is 10.0 Å². The van der Waals surface area contributed by atoms with Gasteiger partial charge < -0.3 is 10.3 Å². The number of hydrogen-bond acceptors (Lipinski definition) is 4. The van der Waals surface area contributed by atoms with Crippen LogP contribution in [0.5, 0.6) is 0 Å². The predicted molar refractivity (Wildman–Crippen MR) is 66.9 cm³/mol. The highest BCUT2D eigenvalue weighted by atomic mass is 32.2. The summed E-state index contributed by atoms with van der Waals surface area (Å²) in [6, 6.07) is 0. The monoisotopic (exact) mass is 260 g/mol. The largest absolute Gasteiger partial charge is 0.381 e. The number of anilines is 1. The smallest absolute Gasteiger partial charge is 0.260 e. The topological polar surface area (TPSA) is 90.0 Å². The number of nitrogens with one attached hydrogen (secondary N) is 1. The second-order valence-electron chi connectivity index (χ2n) is 4.89. The molecule has 3 N–H and O–H groups in total. The molecule has 6 nitrogen and oxygen atoms in total. The van der Waals surface area contributed by atoms with E-state index in [-0.39, 0.29) is 16.3 Å². The quantitative estimate of drug-likeness (QED) is 0.816. The third-order valence-corrected chi connectivity index (χ3v) is 4.39. The molecule has 0 aliphatic rings. The average molecular weight is 260 g/mol. The van der Waals surface area contributed by atoms with Crippen molar-refractivity contribution in [2.75, 3.05) is 12.3 Å². The van der Waals surface area contributed by atoms with Crippen molar-refractivity contribution in [3.8, 4) is 0 Å². The Morgan fingerprint density at radius 2 is 2.12 bits per heavy atom. The lowest BCUT2D eigenvalue weighted by Gasteiger charge is -2.22. The van der Waals surface area contributed by atoms with Crippen LogP contribution in [0, 0.1) is 5.41 Å². The lowest BCUT2D eigenvalue weighted by atomic mass is 9.91. The van der Waals surface area contributed by atoms with Crippen molar-refractivity contribution in [2.45, 2.75) is 32.2 Å². The molecule has 1 rings (SSSR count). The maximum absolute atomic E-state index is 12.0. The molecule has 0 saturated carbocycles. The van der Waals surface area contributed by atoms with E-state index in [2.05, 4.69) is 9.71 Å². The van der Waals surface area contributed by atoms with Crippen LogP contribution in [0.3, 0.4) is 0 Å². The van der Waals surface area contributed by atoms with Gasteiger partial charge >= 0.3 is 0 Å². The average Bonchev–Trinajstić information content (AvgIpc) is 2.57. The molecule has 0 aliphatic heterocycles. The Hall–Kier alpha value is -1.08. The highest BCUT2D eigenvalue weighted by Gasteiger charge is 2.25. The van der Waals surface area contributed by atoms with E-state index in [1.165, 1.54) is 10.9 Å². The number of rotatable bonds is 5. The van der Waals surface area contributed by atoms with Gasteiger partial charge in [-0.25, -0.2) is 18.1 Å². The standard InChI is InChI=1S/C10H20N4O2S/c1-5-10(2,3)6-13-17(15,16)9-8(11)12-7-14(9)4/h7,13H,5-6,11H2,1-4H3. The summed E-state index contributed by atoms with van der Waals surface area (Å²) in [5.41, 5.74) is 5.47. The minimum Gasteiger partial charge on any atom is -0.381 e. The fraction of sp³-hybridized carbons (Fsp3) is 0.700. The van der Waals surface area contributed by atoms with Crippen LogP contribution in [0.25, 0.3) is 0 Å². The molecule has 0 atom stereocenters. The Morgan fingerprint density at radius 1 is 1.53 bits per heavy atom. The summed E-state index contributed by atoms with van der Waals surface area (Å²) in [5, 5.41) is 0.0180. The molecule has 0 spiro atoms. The van der Waals surface area contributed by atoms with Gasteiger partial charge in [0, 0.05) is 13.6 Å². The number of aryl methyl sites for hydroxylation is 1. The van der Waals surface area contributed by atoms with Crippen LogP contribution in [0.15, 0.2) is 11.4 Å².